The van der Waals surface area contributed by atoms with Gasteiger partial charge in [0.05, 0.1) is 30.3 Å². The number of carboxylic acids is 1. The second-order valence-electron chi connectivity index (χ2n) is 18.2. The van der Waals surface area contributed by atoms with Gasteiger partial charge in [-0.1, -0.05) is 24.6 Å². The van der Waals surface area contributed by atoms with Crippen LogP contribution >= 0.6 is 0 Å². The number of nitriles is 1. The number of aliphatic hydroxyl groups excluding tert-OH is 1. The number of hydrogen-bond acceptors (Lipinski definition) is 18. The van der Waals surface area contributed by atoms with Crippen molar-refractivity contribution in [1.82, 2.24) is 42.1 Å². The molecule has 0 aliphatic carbocycles. The molecule has 0 spiro atoms. The molecule has 428 valence electrons. The number of hydrogen-bond donors (Lipinski definition) is 17. The van der Waals surface area contributed by atoms with E-state index in [1.54, 1.807) is 12.1 Å². The normalized spacial score (nSPS) is 15.9. The minimum Gasteiger partial charge on any atom is -0.477 e. The lowest BCUT2D eigenvalue weighted by Crippen LogP contribution is -2.61. The first-order chi connectivity index (χ1) is 36.7. The van der Waals surface area contributed by atoms with Crippen molar-refractivity contribution in [2.24, 2.45) is 50.9 Å². The van der Waals surface area contributed by atoms with E-state index in [0.29, 0.717) is 49.8 Å². The maximum Gasteiger partial charge on any atom is 0.352 e. The first kappa shape index (κ1) is 65.8. The maximum atomic E-state index is 14.3. The summed E-state index contributed by atoms with van der Waals surface area (Å²) in [7, 11) is 0. The number of amides is 8. The molecular formula is C48H80N18O11. The average molecular weight is 1090 g/mol. The topological polar surface area (TPSA) is 526 Å². The third-order valence-electron chi connectivity index (χ3n) is 12.2. The molecule has 29 nitrogen and oxygen atoms in total. The van der Waals surface area contributed by atoms with E-state index in [1.807, 2.05) is 6.07 Å². The molecule has 0 aromatic heterocycles. The van der Waals surface area contributed by atoms with Crippen LogP contribution in [0.2, 0.25) is 0 Å². The van der Waals surface area contributed by atoms with Gasteiger partial charge in [0.1, 0.15) is 41.9 Å². The van der Waals surface area contributed by atoms with Crippen molar-refractivity contribution >= 4 is 59.2 Å². The SMILES string of the molecule is N#Cc1ccc(C[C@H](NC(=O)[C@@H]2CCCN2C(=O)[C@@H](CCCN)NC(=O)CNC(=O)[C@H](CCN)NC(=O)[C@H](NC(=O)[C@@H](N)CCCCN)[C@@H](O)CN)C(=O)N[C@@H](CCCCN)C(=O)N/C(=C\CCN=C(N)N)C(=O)O)cc1. The van der Waals surface area contributed by atoms with Crippen molar-refractivity contribution < 1.29 is 53.4 Å². The Hall–Kier alpha value is -7.33. The second kappa shape index (κ2) is 35.8. The highest BCUT2D eigenvalue weighted by Crippen LogP contribution is 2.21. The summed E-state index contributed by atoms with van der Waals surface area (Å²) < 4.78 is 0. The summed E-state index contributed by atoms with van der Waals surface area (Å²) in [5, 5.41) is 47.2. The molecule has 25 N–H and O–H groups in total. The van der Waals surface area contributed by atoms with Crippen LogP contribution in [0.15, 0.2) is 41.0 Å². The molecule has 8 amide bonds. The Morgan fingerprint density at radius 1 is 0.727 bits per heavy atom. The third kappa shape index (κ3) is 23.6. The van der Waals surface area contributed by atoms with Crippen LogP contribution in [0, 0.1) is 11.3 Å². The number of aliphatic hydroxyl groups is 1. The van der Waals surface area contributed by atoms with Gasteiger partial charge in [0, 0.05) is 26.1 Å². The van der Waals surface area contributed by atoms with Crippen molar-refractivity contribution in [2.75, 3.05) is 52.4 Å². The van der Waals surface area contributed by atoms with Crippen molar-refractivity contribution in [2.45, 2.75) is 132 Å². The molecule has 1 aromatic carbocycles. The van der Waals surface area contributed by atoms with Gasteiger partial charge in [-0.05, 0) is 115 Å². The lowest BCUT2D eigenvalue weighted by Gasteiger charge is -2.30. The molecule has 29 heteroatoms. The van der Waals surface area contributed by atoms with Gasteiger partial charge in [-0.2, -0.15) is 5.26 Å². The van der Waals surface area contributed by atoms with E-state index in [9.17, 15) is 58.6 Å². The van der Waals surface area contributed by atoms with Crippen LogP contribution < -0.4 is 83.1 Å². The number of aliphatic imine (C=N–C) groups is 1. The number of rotatable bonds is 36. The zero-order chi connectivity index (χ0) is 57.5. The molecular weight excluding hydrogens is 1000 g/mol. The summed E-state index contributed by atoms with van der Waals surface area (Å²) in [6, 6.07) is -0.925. The third-order valence-corrected chi connectivity index (χ3v) is 12.2. The Kier molecular flexibility index (Phi) is 30.6. The number of carbonyl (C=O) groups excluding carboxylic acids is 8. The number of guanidine groups is 1. The molecule has 1 aliphatic rings. The highest BCUT2D eigenvalue weighted by Gasteiger charge is 2.40. The second-order valence-corrected chi connectivity index (χ2v) is 18.2. The first-order valence-corrected chi connectivity index (χ1v) is 25.6. The molecule has 1 aromatic rings. The lowest BCUT2D eigenvalue weighted by molar-refractivity contribution is -0.142. The Bertz CT molecular complexity index is 2220. The van der Waals surface area contributed by atoms with Crippen LogP contribution in [-0.2, 0) is 49.6 Å². The highest BCUT2D eigenvalue weighted by atomic mass is 16.4. The van der Waals surface area contributed by atoms with E-state index in [1.165, 1.54) is 23.1 Å². The Labute approximate surface area is 447 Å². The lowest BCUT2D eigenvalue weighted by atomic mass is 10.0. The number of carbonyl (C=O) groups is 9. The van der Waals surface area contributed by atoms with Crippen molar-refractivity contribution in [3.8, 4) is 6.07 Å². The monoisotopic (exact) mass is 1080 g/mol. The number of nitrogens with zero attached hydrogens (tertiary/aromatic N) is 3. The number of likely N-dealkylation sites (tertiary alicyclic amines) is 1. The van der Waals surface area contributed by atoms with Crippen molar-refractivity contribution in [3.63, 3.8) is 0 Å². The number of unbranched alkanes of at least 4 members (excludes halogenated alkanes) is 2. The van der Waals surface area contributed by atoms with Gasteiger partial charge in [0.15, 0.2) is 5.96 Å². The fraction of sp³-hybridized carbons (Fsp3) is 0.604. The number of carboxylic acid groups (broad SMARTS) is 1. The zero-order valence-electron chi connectivity index (χ0n) is 43.4. The maximum absolute atomic E-state index is 14.3. The van der Waals surface area contributed by atoms with Gasteiger partial charge in [0.25, 0.3) is 0 Å². The molecule has 1 saturated heterocycles. The smallest absolute Gasteiger partial charge is 0.352 e. The van der Waals surface area contributed by atoms with Crippen LogP contribution in [0.4, 0.5) is 0 Å². The van der Waals surface area contributed by atoms with E-state index in [4.69, 9.17) is 45.9 Å². The highest BCUT2D eigenvalue weighted by molar-refractivity contribution is 5.99. The predicted molar refractivity (Wildman–Crippen MR) is 282 cm³/mol. The largest absolute Gasteiger partial charge is 0.477 e. The van der Waals surface area contributed by atoms with E-state index >= 15 is 0 Å². The van der Waals surface area contributed by atoms with Gasteiger partial charge in [-0.3, -0.25) is 43.3 Å². The minimum atomic E-state index is -1.61. The van der Waals surface area contributed by atoms with E-state index < -0.39 is 120 Å². The molecule has 1 aliphatic heterocycles. The predicted octanol–water partition coefficient (Wildman–Crippen LogP) is -6.63. The first-order valence-electron chi connectivity index (χ1n) is 25.6. The van der Waals surface area contributed by atoms with Gasteiger partial charge in [-0.15, -0.1) is 0 Å². The quantitative estimate of drug-likeness (QED) is 0.0129. The molecule has 1 fully saturated rings. The van der Waals surface area contributed by atoms with Gasteiger partial charge >= 0.3 is 5.97 Å². The fourth-order valence-corrected chi connectivity index (χ4v) is 7.96. The molecule has 0 bridgehead atoms. The fourth-order valence-electron chi connectivity index (χ4n) is 7.96. The Morgan fingerprint density at radius 3 is 1.95 bits per heavy atom. The minimum absolute atomic E-state index is 0.0192. The molecule has 0 saturated carbocycles. The van der Waals surface area contributed by atoms with Crippen LogP contribution in [0.25, 0.3) is 0 Å². The summed E-state index contributed by atoms with van der Waals surface area (Å²) in [6.45, 7) is -0.388. The summed E-state index contributed by atoms with van der Waals surface area (Å²) in [6.07, 6.45) is 2.36. The number of aliphatic carboxylic acids is 1. The molecule has 0 unspecified atom stereocenters. The summed E-state index contributed by atoms with van der Waals surface area (Å²) in [5.74, 6) is -8.25. The standard InChI is InChI=1S/C48H80N18O11/c49-18-3-1-8-30(55)40(69)65-39(37(67)26-54)45(74)62-32(17-21-52)41(70)59-27-38(68)60-33(10-5-20-51)46(75)66-23-7-12-36(66)44(73)64-35(24-28-13-15-29(25-53)16-14-28)43(72)61-31(9-2-4-19-50)42(71)63-34(47(76)77)11-6-22-58-48(56)57/h11,13-16,30-33,35-37,39,67H,1-10,12,17-24,26-27,49-52,54-55H2,(H,59,70)(H,60,68)(H,61,72)(H,62,74)(H,63,71)(H,64,73)(H,65,69)(H,76,77)(H4,56,57,58)/b34-11-/t30-,31-,32-,33+,35-,36-,37-,39+/m0/s1. The molecule has 1 heterocycles. The van der Waals surface area contributed by atoms with Gasteiger partial charge < -0.3 is 98.2 Å². The van der Waals surface area contributed by atoms with Gasteiger partial charge in [0.2, 0.25) is 47.3 Å². The number of benzene rings is 1. The molecule has 0 radical (unpaired) electrons. The number of nitrogens with one attached hydrogen (secondary N) is 7. The van der Waals surface area contributed by atoms with Crippen LogP contribution in [0.1, 0.15) is 88.2 Å². The van der Waals surface area contributed by atoms with E-state index in [2.05, 4.69) is 42.2 Å². The molecule has 2 rings (SSSR count). The van der Waals surface area contributed by atoms with Crippen molar-refractivity contribution in [3.05, 3.63) is 47.2 Å². The summed E-state index contributed by atoms with van der Waals surface area (Å²) >= 11 is 0. The number of nitrogens with two attached hydrogens (primary N) is 8. The van der Waals surface area contributed by atoms with Crippen LogP contribution in [0.5, 0.6) is 0 Å². The van der Waals surface area contributed by atoms with Crippen LogP contribution in [-0.4, -0.2) is 175 Å². The van der Waals surface area contributed by atoms with E-state index in [0.717, 1.165) is 0 Å². The zero-order valence-corrected chi connectivity index (χ0v) is 43.4. The Morgan fingerprint density at radius 2 is 1.35 bits per heavy atom. The van der Waals surface area contributed by atoms with E-state index in [-0.39, 0.29) is 90.0 Å². The van der Waals surface area contributed by atoms with Crippen LogP contribution in [0.3, 0.4) is 0 Å². The average Bonchev–Trinajstić information content (AvgIpc) is 3.91. The molecule has 8 atom stereocenters. The summed E-state index contributed by atoms with van der Waals surface area (Å²) in [5.41, 5.74) is 45.3. The Balaban J connectivity index is 2.32. The van der Waals surface area contributed by atoms with Gasteiger partial charge in [-0.25, -0.2) is 4.79 Å². The van der Waals surface area contributed by atoms with Crippen molar-refractivity contribution in [1.29, 1.82) is 5.26 Å². The summed E-state index contributed by atoms with van der Waals surface area (Å²) in [4.78, 5) is 127. The molecule has 77 heavy (non-hydrogen) atoms.